The number of hydrogen-bond acceptors (Lipinski definition) is 17. The van der Waals surface area contributed by atoms with Crippen molar-refractivity contribution in [2.75, 3.05) is 13.2 Å². The number of hydrogen-bond donors (Lipinski definition) is 7. The van der Waals surface area contributed by atoms with Crippen molar-refractivity contribution in [2.24, 2.45) is 5.73 Å². The first kappa shape index (κ1) is 36.0. The number of nitrogens with two attached hydrogens (primary N) is 1. The number of imidazole rings is 1. The number of carbonyl (C=O) groups is 1. The van der Waals surface area contributed by atoms with E-state index in [4.69, 9.17) is 15.2 Å². The van der Waals surface area contributed by atoms with E-state index in [1.54, 1.807) is 6.08 Å². The number of phosphoric acid groups is 2. The van der Waals surface area contributed by atoms with E-state index in [-0.39, 0.29) is 52.7 Å². The summed E-state index contributed by atoms with van der Waals surface area (Å²) in [6.45, 7) is -1.92. The van der Waals surface area contributed by atoms with Gasteiger partial charge in [-0.3, -0.25) is 23.2 Å². The van der Waals surface area contributed by atoms with Gasteiger partial charge in [-0.05, 0) is 6.42 Å². The Labute approximate surface area is 274 Å². The number of carbonyl (C=O) groups excluding carboxylic acids is 1. The van der Waals surface area contributed by atoms with E-state index in [2.05, 4.69) is 28.3 Å². The van der Waals surface area contributed by atoms with Crippen molar-refractivity contribution in [1.29, 1.82) is 0 Å². The van der Waals surface area contributed by atoms with E-state index >= 15 is 0 Å². The molecule has 45 heavy (non-hydrogen) atoms. The number of nitrogens with zero attached hydrogens (tertiary/aromatic N) is 4. The van der Waals surface area contributed by atoms with Crippen LogP contribution in [0.4, 0.5) is 0 Å². The summed E-state index contributed by atoms with van der Waals surface area (Å²) in [5.74, 6) is -0.721. The molecule has 0 radical (unpaired) electrons. The fourth-order valence-electron chi connectivity index (χ4n) is 4.66. The number of rotatable bonds is 11. The van der Waals surface area contributed by atoms with Crippen LogP contribution in [-0.4, -0.2) is 112 Å². The predicted octanol–water partition coefficient (Wildman–Crippen LogP) is -6.60. The molecule has 2 saturated heterocycles. The van der Waals surface area contributed by atoms with Gasteiger partial charge in [-0.25, -0.2) is 18.8 Å². The standard InChI is InChI=1S/C21H28N6O15P2.Na/c22-17(32)9-2-1-3-26(4-9)20-15(30)13(28)10(40-20)5-38-43(34,35)42-44(36,37)39-6-11-14(29)16(31)21(41-11)27-8-25-12-18(27)23-7-24-19(12)33;/h1,3-4,7-8,10-11,13-16,20-21,28-31H,2,5-6H2,(H2,22,32)(H,34,35)(H,36,37)(H,23,24,33);/q;+1/p-1/t10-,11-,13-,14-,15-,16-,20-,21-;/m1./s1. The Morgan fingerprint density at radius 2 is 1.69 bits per heavy atom. The monoisotopic (exact) mass is 688 g/mol. The van der Waals surface area contributed by atoms with Crippen molar-refractivity contribution in [1.82, 2.24) is 24.4 Å². The number of amides is 1. The topological polar surface area (TPSA) is 314 Å². The van der Waals surface area contributed by atoms with Crippen molar-refractivity contribution in [3.63, 3.8) is 0 Å². The number of allylic oxidation sites excluding steroid dienone is 1. The average molecular weight is 688 g/mol. The normalized spacial score (nSPS) is 32.6. The molecular weight excluding hydrogens is 661 g/mol. The number of aliphatic hydroxyl groups excluding tert-OH is 4. The Morgan fingerprint density at radius 3 is 2.36 bits per heavy atom. The van der Waals surface area contributed by atoms with Gasteiger partial charge in [0.15, 0.2) is 23.6 Å². The Kier molecular flexibility index (Phi) is 11.3. The molecule has 0 aromatic carbocycles. The molecule has 0 aliphatic carbocycles. The molecule has 3 aliphatic heterocycles. The Hall–Kier alpha value is -1.88. The van der Waals surface area contributed by atoms with Crippen LogP contribution in [0.15, 0.2) is 41.5 Å². The first-order valence-electron chi connectivity index (χ1n) is 12.7. The number of phosphoric ester groups is 2. The van der Waals surface area contributed by atoms with Gasteiger partial charge >= 0.3 is 37.4 Å². The number of H-pyrrole nitrogens is 1. The minimum Gasteiger partial charge on any atom is -0.756 e. The third-order valence-electron chi connectivity index (χ3n) is 6.85. The van der Waals surface area contributed by atoms with E-state index in [1.165, 1.54) is 17.3 Å². The molecule has 24 heteroatoms. The van der Waals surface area contributed by atoms with E-state index in [9.17, 15) is 48.9 Å². The fourth-order valence-corrected chi connectivity index (χ4v) is 6.72. The fraction of sp³-hybridized carbons (Fsp3) is 0.524. The summed E-state index contributed by atoms with van der Waals surface area (Å²) in [5.41, 5.74) is 4.77. The third kappa shape index (κ3) is 7.82. The zero-order valence-electron chi connectivity index (χ0n) is 23.2. The molecule has 2 aromatic rings. The van der Waals surface area contributed by atoms with Gasteiger partial charge in [-0.2, -0.15) is 0 Å². The number of nitrogens with one attached hydrogen (secondary N) is 1. The molecule has 5 rings (SSSR count). The zero-order chi connectivity index (χ0) is 32.0. The van der Waals surface area contributed by atoms with Crippen molar-refractivity contribution in [2.45, 2.75) is 55.5 Å². The second kappa shape index (κ2) is 14.1. The van der Waals surface area contributed by atoms with Crippen molar-refractivity contribution >= 4 is 32.7 Å². The van der Waals surface area contributed by atoms with Crippen LogP contribution in [0.25, 0.3) is 11.2 Å². The van der Waals surface area contributed by atoms with E-state index in [1.807, 2.05) is 0 Å². The quantitative estimate of drug-likeness (QED) is 0.0852. The summed E-state index contributed by atoms with van der Waals surface area (Å²) in [6.07, 6.45) is -5.52. The second-order valence-electron chi connectivity index (χ2n) is 9.79. The summed E-state index contributed by atoms with van der Waals surface area (Å²) < 4.78 is 50.1. The average Bonchev–Trinajstić information content (AvgIpc) is 3.61. The van der Waals surface area contributed by atoms with Gasteiger partial charge in [-0.15, -0.1) is 0 Å². The molecule has 2 aromatic heterocycles. The van der Waals surface area contributed by atoms with Crippen LogP contribution in [0.3, 0.4) is 0 Å². The van der Waals surface area contributed by atoms with Crippen LogP contribution in [0, 0.1) is 0 Å². The molecule has 242 valence electrons. The number of fused-ring (bicyclic) bond motifs is 1. The van der Waals surface area contributed by atoms with Gasteiger partial charge < -0.3 is 59.8 Å². The number of aromatic nitrogens is 4. The largest absolute Gasteiger partial charge is 1.00 e. The molecule has 0 bridgehead atoms. The molecule has 0 spiro atoms. The summed E-state index contributed by atoms with van der Waals surface area (Å²) in [7, 11) is -11.1. The predicted molar refractivity (Wildman–Crippen MR) is 138 cm³/mol. The number of aromatic amines is 1. The Balaban J connectivity index is 0.00000461. The van der Waals surface area contributed by atoms with Crippen molar-refractivity contribution in [3.05, 3.63) is 47.1 Å². The smallest absolute Gasteiger partial charge is 0.756 e. The maximum absolute atomic E-state index is 12.4. The van der Waals surface area contributed by atoms with Gasteiger partial charge in [0.1, 0.15) is 36.6 Å². The first-order chi connectivity index (χ1) is 20.7. The molecule has 1 amide bonds. The van der Waals surface area contributed by atoms with Gasteiger partial charge in [0, 0.05) is 18.0 Å². The van der Waals surface area contributed by atoms with Crippen molar-refractivity contribution in [3.8, 4) is 0 Å². The summed E-state index contributed by atoms with van der Waals surface area (Å²) in [6, 6.07) is 0. The number of aliphatic hydroxyl groups is 4. The SMILES string of the molecule is NC(=O)C1=CN([C@@H]2O[C@H](COP(=O)(O)OP(=O)([O-])OC[C@H]3O[C@@H](n4cnc5c(=O)[nH]cnc54)[C@H](O)[C@@H]3O)[C@@H](O)[C@H]2O)C=CC1.[Na+]. The molecule has 8 N–H and O–H groups in total. The van der Waals surface area contributed by atoms with Crippen LogP contribution in [-0.2, 0) is 36.8 Å². The van der Waals surface area contributed by atoms with Crippen LogP contribution < -0.4 is 45.7 Å². The van der Waals surface area contributed by atoms with E-state index < -0.39 is 89.4 Å². The molecule has 10 atom stereocenters. The van der Waals surface area contributed by atoms with Crippen LogP contribution in [0.2, 0.25) is 0 Å². The molecule has 21 nitrogen and oxygen atoms in total. The Morgan fingerprint density at radius 1 is 1.07 bits per heavy atom. The van der Waals surface area contributed by atoms with E-state index in [0.717, 1.165) is 17.2 Å². The van der Waals surface area contributed by atoms with Crippen LogP contribution in [0.1, 0.15) is 12.6 Å². The number of primary amides is 1. The minimum absolute atomic E-state index is 0. The molecular formula is C21H27N6NaO15P2. The number of ether oxygens (including phenoxy) is 2. The summed E-state index contributed by atoms with van der Waals surface area (Å²) in [4.78, 5) is 57.0. The van der Waals surface area contributed by atoms with Gasteiger partial charge in [0.25, 0.3) is 13.4 Å². The van der Waals surface area contributed by atoms with Gasteiger partial charge in [-0.1, -0.05) is 6.08 Å². The Bertz CT molecular complexity index is 1620. The second-order valence-corrected chi connectivity index (χ2v) is 12.8. The molecule has 2 fully saturated rings. The zero-order valence-corrected chi connectivity index (χ0v) is 27.0. The maximum Gasteiger partial charge on any atom is 1.00 e. The van der Waals surface area contributed by atoms with Crippen LogP contribution >= 0.6 is 15.6 Å². The summed E-state index contributed by atoms with van der Waals surface area (Å²) in [5, 5.41) is 41.5. The minimum atomic E-state index is -5.64. The molecule has 0 saturated carbocycles. The van der Waals surface area contributed by atoms with Crippen molar-refractivity contribution < 1.29 is 96.5 Å². The summed E-state index contributed by atoms with van der Waals surface area (Å²) >= 11 is 0. The van der Waals surface area contributed by atoms with Gasteiger partial charge in [0.2, 0.25) is 5.91 Å². The molecule has 5 heterocycles. The maximum atomic E-state index is 12.4. The third-order valence-corrected chi connectivity index (χ3v) is 9.41. The molecule has 3 aliphatic rings. The van der Waals surface area contributed by atoms with E-state index in [0.29, 0.717) is 0 Å². The van der Waals surface area contributed by atoms with Crippen LogP contribution in [0.5, 0.6) is 0 Å². The first-order valence-corrected chi connectivity index (χ1v) is 15.7. The van der Waals surface area contributed by atoms with Gasteiger partial charge in [0.05, 0.1) is 25.9 Å². The molecule has 2 unspecified atom stereocenters.